The molecule has 0 spiro atoms. The second-order valence-electron chi connectivity index (χ2n) is 1.79. The number of hydrogen-bond acceptors (Lipinski definition) is 3. The van der Waals surface area contributed by atoms with Gasteiger partial charge in [-0.05, 0) is 6.42 Å². The van der Waals surface area contributed by atoms with Crippen LogP contribution in [0.3, 0.4) is 0 Å². The summed E-state index contributed by atoms with van der Waals surface area (Å²) in [5.41, 5.74) is 0. The minimum atomic E-state index is -0.216. The molecule has 0 aromatic carbocycles. The molecule has 1 aliphatic heterocycles. The quantitative estimate of drug-likeness (QED) is 0.592. The molecule has 0 aromatic rings. The molecule has 0 aromatic heterocycles. The lowest BCUT2D eigenvalue weighted by Gasteiger charge is -1.94. The Morgan fingerprint density at radius 2 is 2.33 bits per heavy atom. The van der Waals surface area contributed by atoms with Gasteiger partial charge in [-0.2, -0.15) is 0 Å². The molecule has 4 heteroatoms. The SMILES string of the molecule is CCC1SC(=O)NC1=O. The third-order valence-corrected chi connectivity index (χ3v) is 2.29. The lowest BCUT2D eigenvalue weighted by Crippen LogP contribution is -2.23. The first-order chi connectivity index (χ1) is 4.24. The van der Waals surface area contributed by atoms with Crippen LogP contribution in [0.5, 0.6) is 0 Å². The number of nitrogens with one attached hydrogen (secondary N) is 1. The van der Waals surface area contributed by atoms with Gasteiger partial charge < -0.3 is 0 Å². The van der Waals surface area contributed by atoms with Crippen molar-refractivity contribution in [3.05, 3.63) is 0 Å². The van der Waals surface area contributed by atoms with Crippen LogP contribution in [0.15, 0.2) is 0 Å². The summed E-state index contributed by atoms with van der Waals surface area (Å²) in [6.07, 6.45) is 0.724. The Labute approximate surface area is 57.2 Å². The Hall–Kier alpha value is -0.510. The van der Waals surface area contributed by atoms with Gasteiger partial charge in [0.15, 0.2) is 0 Å². The molecular formula is C5H7NO2S. The van der Waals surface area contributed by atoms with Crippen molar-refractivity contribution in [1.82, 2.24) is 5.32 Å². The molecule has 1 saturated heterocycles. The number of carbonyl (C=O) groups excluding carboxylic acids is 2. The molecule has 0 saturated carbocycles. The second kappa shape index (κ2) is 2.39. The van der Waals surface area contributed by atoms with Crippen molar-refractivity contribution in [3.8, 4) is 0 Å². The fourth-order valence-electron chi connectivity index (χ4n) is 0.662. The lowest BCUT2D eigenvalue weighted by molar-refractivity contribution is -0.119. The van der Waals surface area contributed by atoms with E-state index in [4.69, 9.17) is 0 Å². The number of imide groups is 1. The molecule has 1 atom stereocenters. The average molecular weight is 145 g/mol. The number of hydrogen-bond donors (Lipinski definition) is 1. The highest BCUT2D eigenvalue weighted by Crippen LogP contribution is 2.20. The topological polar surface area (TPSA) is 46.2 Å². The van der Waals surface area contributed by atoms with Crippen molar-refractivity contribution in [3.63, 3.8) is 0 Å². The summed E-state index contributed by atoms with van der Waals surface area (Å²) < 4.78 is 0. The van der Waals surface area contributed by atoms with Crippen LogP contribution in [-0.2, 0) is 4.79 Å². The van der Waals surface area contributed by atoms with Crippen LogP contribution < -0.4 is 5.32 Å². The van der Waals surface area contributed by atoms with E-state index in [9.17, 15) is 9.59 Å². The zero-order chi connectivity index (χ0) is 6.85. The van der Waals surface area contributed by atoms with E-state index in [1.165, 1.54) is 0 Å². The maximum absolute atomic E-state index is 10.7. The predicted octanol–water partition coefficient (Wildman–Crippen LogP) is 0.748. The molecule has 3 nitrogen and oxygen atoms in total. The summed E-state index contributed by atoms with van der Waals surface area (Å²) in [4.78, 5) is 21.1. The van der Waals surface area contributed by atoms with Crippen LogP contribution in [0.25, 0.3) is 0 Å². The zero-order valence-electron chi connectivity index (χ0n) is 5.01. The Kier molecular flexibility index (Phi) is 1.75. The highest BCUT2D eigenvalue weighted by Gasteiger charge is 2.29. The van der Waals surface area contributed by atoms with Gasteiger partial charge in [-0.15, -0.1) is 0 Å². The third kappa shape index (κ3) is 1.24. The highest BCUT2D eigenvalue weighted by molar-refractivity contribution is 8.15. The zero-order valence-corrected chi connectivity index (χ0v) is 5.83. The summed E-state index contributed by atoms with van der Waals surface area (Å²) in [7, 11) is 0. The van der Waals surface area contributed by atoms with E-state index in [-0.39, 0.29) is 16.4 Å². The first-order valence-electron chi connectivity index (χ1n) is 2.75. The summed E-state index contributed by atoms with van der Waals surface area (Å²) >= 11 is 1.07. The third-order valence-electron chi connectivity index (χ3n) is 1.14. The van der Waals surface area contributed by atoms with Crippen molar-refractivity contribution in [2.45, 2.75) is 18.6 Å². The number of carbonyl (C=O) groups is 2. The molecular weight excluding hydrogens is 138 g/mol. The smallest absolute Gasteiger partial charge is 0.286 e. The molecule has 2 amide bonds. The van der Waals surface area contributed by atoms with E-state index in [2.05, 4.69) is 5.32 Å². The maximum Gasteiger partial charge on any atom is 0.286 e. The molecule has 9 heavy (non-hydrogen) atoms. The maximum atomic E-state index is 10.7. The van der Waals surface area contributed by atoms with Crippen LogP contribution in [0, 0.1) is 0 Å². The van der Waals surface area contributed by atoms with E-state index in [1.54, 1.807) is 0 Å². The van der Waals surface area contributed by atoms with Crippen molar-refractivity contribution in [1.29, 1.82) is 0 Å². The van der Waals surface area contributed by atoms with Crippen molar-refractivity contribution in [2.75, 3.05) is 0 Å². The number of amides is 2. The van der Waals surface area contributed by atoms with Gasteiger partial charge in [0.05, 0.1) is 5.25 Å². The standard InChI is InChI=1S/C5H7NO2S/c1-2-3-4(7)6-5(8)9-3/h3H,2H2,1H3,(H,6,7,8). The van der Waals surface area contributed by atoms with E-state index in [0.717, 1.165) is 18.2 Å². The van der Waals surface area contributed by atoms with Crippen molar-refractivity contribution < 1.29 is 9.59 Å². The summed E-state index contributed by atoms with van der Waals surface area (Å²) in [5, 5.41) is 1.85. The first-order valence-corrected chi connectivity index (χ1v) is 3.63. The van der Waals surface area contributed by atoms with Gasteiger partial charge in [0.2, 0.25) is 5.91 Å². The Bertz CT molecular complexity index is 157. The van der Waals surface area contributed by atoms with Gasteiger partial charge in [-0.1, -0.05) is 18.7 Å². The van der Waals surface area contributed by atoms with Gasteiger partial charge in [0.25, 0.3) is 5.24 Å². The molecule has 0 bridgehead atoms. The van der Waals surface area contributed by atoms with Crippen LogP contribution >= 0.6 is 11.8 Å². The highest BCUT2D eigenvalue weighted by atomic mass is 32.2. The molecule has 0 aliphatic carbocycles. The molecule has 1 N–H and O–H groups in total. The van der Waals surface area contributed by atoms with Gasteiger partial charge in [0.1, 0.15) is 0 Å². The fourth-order valence-corrected chi connectivity index (χ4v) is 1.41. The predicted molar refractivity (Wildman–Crippen MR) is 35.2 cm³/mol. The van der Waals surface area contributed by atoms with Gasteiger partial charge in [0, 0.05) is 0 Å². The van der Waals surface area contributed by atoms with Crippen LogP contribution in [0.2, 0.25) is 0 Å². The summed E-state index contributed by atoms with van der Waals surface area (Å²) in [5.74, 6) is -0.146. The molecule has 0 radical (unpaired) electrons. The summed E-state index contributed by atoms with van der Waals surface area (Å²) in [6.45, 7) is 1.88. The van der Waals surface area contributed by atoms with Gasteiger partial charge >= 0.3 is 0 Å². The fraction of sp³-hybridized carbons (Fsp3) is 0.600. The monoisotopic (exact) mass is 145 g/mol. The molecule has 1 heterocycles. The largest absolute Gasteiger partial charge is 0.286 e. The second-order valence-corrected chi connectivity index (χ2v) is 2.97. The summed E-state index contributed by atoms with van der Waals surface area (Å²) in [6, 6.07) is 0. The molecule has 1 rings (SSSR count). The molecule has 1 aliphatic rings. The van der Waals surface area contributed by atoms with Crippen LogP contribution in [-0.4, -0.2) is 16.4 Å². The normalized spacial score (nSPS) is 26.6. The molecule has 1 unspecified atom stereocenters. The van der Waals surface area contributed by atoms with Crippen LogP contribution in [0.1, 0.15) is 13.3 Å². The Balaban J connectivity index is 2.58. The molecule has 50 valence electrons. The average Bonchev–Trinajstić information content (AvgIpc) is 2.10. The van der Waals surface area contributed by atoms with E-state index >= 15 is 0 Å². The first kappa shape index (κ1) is 6.61. The minimum absolute atomic E-state index is 0.141. The van der Waals surface area contributed by atoms with Gasteiger partial charge in [-0.3, -0.25) is 14.9 Å². The van der Waals surface area contributed by atoms with Crippen molar-refractivity contribution >= 4 is 22.9 Å². The van der Waals surface area contributed by atoms with E-state index in [0.29, 0.717) is 0 Å². The Morgan fingerprint density at radius 3 is 2.56 bits per heavy atom. The van der Waals surface area contributed by atoms with E-state index in [1.807, 2.05) is 6.92 Å². The number of rotatable bonds is 1. The molecule has 1 fully saturated rings. The van der Waals surface area contributed by atoms with E-state index < -0.39 is 0 Å². The lowest BCUT2D eigenvalue weighted by atomic mass is 10.3. The van der Waals surface area contributed by atoms with Crippen LogP contribution in [0.4, 0.5) is 4.79 Å². The minimum Gasteiger partial charge on any atom is -0.286 e. The van der Waals surface area contributed by atoms with Gasteiger partial charge in [-0.25, -0.2) is 0 Å². The number of thioether (sulfide) groups is 1. The van der Waals surface area contributed by atoms with Crippen molar-refractivity contribution in [2.24, 2.45) is 0 Å². The Morgan fingerprint density at radius 1 is 1.67 bits per heavy atom.